The molecule has 7 nitrogen and oxygen atoms in total. The van der Waals surface area contributed by atoms with Crippen molar-refractivity contribution in [1.82, 2.24) is 10.6 Å². The molecule has 1 atom stereocenters. The fraction of sp³-hybridized carbons (Fsp3) is 0.333. The van der Waals surface area contributed by atoms with Crippen molar-refractivity contribution in [2.45, 2.75) is 45.6 Å². The predicted octanol–water partition coefficient (Wildman–Crippen LogP) is 5.26. The minimum Gasteiger partial charge on any atom is -0.497 e. The van der Waals surface area contributed by atoms with Gasteiger partial charge in [-0.3, -0.25) is 4.79 Å². The number of rotatable bonds is 10. The molecule has 0 bridgehead atoms. The number of aryl methyl sites for hydroxylation is 1. The summed E-state index contributed by atoms with van der Waals surface area (Å²) in [6.45, 7) is 9.24. The van der Waals surface area contributed by atoms with E-state index in [1.807, 2.05) is 79.7 Å². The number of methoxy groups -OCH3 is 1. The number of ether oxygens (including phenoxy) is 1. The van der Waals surface area contributed by atoms with E-state index in [9.17, 15) is 9.59 Å². The zero-order valence-electron chi connectivity index (χ0n) is 22.4. The number of amides is 3. The topological polar surface area (TPSA) is 91.5 Å². The maximum atomic E-state index is 13.1. The Labute approximate surface area is 220 Å². The van der Waals surface area contributed by atoms with E-state index in [4.69, 9.17) is 4.74 Å². The van der Waals surface area contributed by atoms with Crippen LogP contribution in [0.3, 0.4) is 0 Å². The first-order valence-electron chi connectivity index (χ1n) is 12.5. The lowest BCUT2D eigenvalue weighted by atomic mass is 9.84. The van der Waals surface area contributed by atoms with Crippen molar-refractivity contribution >= 4 is 23.3 Å². The molecule has 0 fully saturated rings. The zero-order chi connectivity index (χ0) is 26.8. The number of anilines is 2. The van der Waals surface area contributed by atoms with Crippen LogP contribution in [0.1, 0.15) is 37.5 Å². The number of carbonyl (C=O) groups excluding carboxylic acids is 2. The standard InChI is InChI=1S/C30H38N4O3/c1-21-10-9-13-25(30(2,3)4)27(21)34-29(36)33-26(20-22-11-7-6-8-12-22)28(35)32-19-18-31-23-14-16-24(37-5)17-15-23/h6-17,26,31H,18-20H2,1-5H3,(H,32,35)(H2,33,34,36). The van der Waals surface area contributed by atoms with Crippen LogP contribution in [0.5, 0.6) is 5.75 Å². The molecule has 37 heavy (non-hydrogen) atoms. The molecule has 196 valence electrons. The average Bonchev–Trinajstić information content (AvgIpc) is 2.87. The van der Waals surface area contributed by atoms with Gasteiger partial charge in [0.05, 0.1) is 7.11 Å². The fourth-order valence-corrected chi connectivity index (χ4v) is 4.05. The normalized spacial score (nSPS) is 11.8. The Morgan fingerprint density at radius 1 is 0.892 bits per heavy atom. The van der Waals surface area contributed by atoms with Crippen LogP contribution >= 0.6 is 0 Å². The third-order valence-corrected chi connectivity index (χ3v) is 6.07. The lowest BCUT2D eigenvalue weighted by molar-refractivity contribution is -0.122. The molecule has 0 aromatic heterocycles. The van der Waals surface area contributed by atoms with Crippen LogP contribution < -0.4 is 26.0 Å². The van der Waals surface area contributed by atoms with E-state index in [1.54, 1.807) is 7.11 Å². The molecule has 0 heterocycles. The second-order valence-electron chi connectivity index (χ2n) is 10.0. The van der Waals surface area contributed by atoms with Crippen molar-refractivity contribution in [2.75, 3.05) is 30.8 Å². The third-order valence-electron chi connectivity index (χ3n) is 6.07. The third kappa shape index (κ3) is 8.27. The summed E-state index contributed by atoms with van der Waals surface area (Å²) in [5.41, 5.74) is 4.53. The first kappa shape index (κ1) is 27.6. The Hall–Kier alpha value is -4.00. The molecule has 3 amide bonds. The van der Waals surface area contributed by atoms with Crippen molar-refractivity contribution in [1.29, 1.82) is 0 Å². The molecule has 0 saturated carbocycles. The van der Waals surface area contributed by atoms with Crippen molar-refractivity contribution in [3.05, 3.63) is 89.5 Å². The number of para-hydroxylation sites is 1. The summed E-state index contributed by atoms with van der Waals surface area (Å²) in [6.07, 6.45) is 0.381. The molecule has 3 aromatic rings. The second-order valence-corrected chi connectivity index (χ2v) is 10.0. The first-order valence-corrected chi connectivity index (χ1v) is 12.5. The van der Waals surface area contributed by atoms with Crippen molar-refractivity contribution < 1.29 is 14.3 Å². The summed E-state index contributed by atoms with van der Waals surface area (Å²) in [5.74, 6) is 0.545. The van der Waals surface area contributed by atoms with Gasteiger partial charge in [-0.05, 0) is 53.3 Å². The van der Waals surface area contributed by atoms with Gasteiger partial charge in [0, 0.05) is 30.9 Å². The summed E-state index contributed by atoms with van der Waals surface area (Å²) in [6, 6.07) is 22.1. The highest BCUT2D eigenvalue weighted by Gasteiger charge is 2.24. The Morgan fingerprint density at radius 3 is 2.24 bits per heavy atom. The van der Waals surface area contributed by atoms with Crippen molar-refractivity contribution in [3.63, 3.8) is 0 Å². The Kier molecular flexibility index (Phi) is 9.55. The first-order chi connectivity index (χ1) is 17.7. The van der Waals surface area contributed by atoms with E-state index in [-0.39, 0.29) is 11.3 Å². The molecule has 0 saturated heterocycles. The number of urea groups is 1. The number of benzene rings is 3. The number of hydrogen-bond donors (Lipinski definition) is 4. The van der Waals surface area contributed by atoms with E-state index in [2.05, 4.69) is 42.0 Å². The molecule has 0 aliphatic heterocycles. The van der Waals surface area contributed by atoms with Gasteiger partial charge < -0.3 is 26.0 Å². The van der Waals surface area contributed by atoms with E-state index in [1.165, 1.54) is 0 Å². The van der Waals surface area contributed by atoms with E-state index < -0.39 is 12.1 Å². The fourth-order valence-electron chi connectivity index (χ4n) is 4.05. The highest BCUT2D eigenvalue weighted by Crippen LogP contribution is 2.31. The van der Waals surface area contributed by atoms with Crippen LogP contribution in [0.15, 0.2) is 72.8 Å². The molecule has 3 aromatic carbocycles. The van der Waals surface area contributed by atoms with Crippen LogP contribution in [0.4, 0.5) is 16.2 Å². The van der Waals surface area contributed by atoms with Crippen LogP contribution in [-0.4, -0.2) is 38.2 Å². The highest BCUT2D eigenvalue weighted by atomic mass is 16.5. The van der Waals surface area contributed by atoms with E-state index >= 15 is 0 Å². The van der Waals surface area contributed by atoms with Crippen LogP contribution in [0, 0.1) is 6.92 Å². The molecule has 1 unspecified atom stereocenters. The number of carbonyl (C=O) groups is 2. The summed E-state index contributed by atoms with van der Waals surface area (Å²) in [7, 11) is 1.63. The summed E-state index contributed by atoms with van der Waals surface area (Å²) in [4.78, 5) is 26.2. The molecule has 0 aliphatic rings. The molecule has 4 N–H and O–H groups in total. The molecule has 0 spiro atoms. The molecular weight excluding hydrogens is 464 g/mol. The quantitative estimate of drug-likeness (QED) is 0.285. The molecule has 7 heteroatoms. The second kappa shape index (κ2) is 12.8. The Morgan fingerprint density at radius 2 is 1.59 bits per heavy atom. The van der Waals surface area contributed by atoms with E-state index in [0.717, 1.165) is 33.8 Å². The van der Waals surface area contributed by atoms with Gasteiger partial charge in [0.25, 0.3) is 0 Å². The predicted molar refractivity (Wildman–Crippen MR) is 150 cm³/mol. The summed E-state index contributed by atoms with van der Waals surface area (Å²) in [5, 5.41) is 12.1. The number of nitrogens with one attached hydrogen (secondary N) is 4. The Bertz CT molecular complexity index is 1170. The molecule has 3 rings (SSSR count). The summed E-state index contributed by atoms with van der Waals surface area (Å²) < 4.78 is 5.18. The van der Waals surface area contributed by atoms with Crippen LogP contribution in [0.25, 0.3) is 0 Å². The number of hydrogen-bond acceptors (Lipinski definition) is 4. The van der Waals surface area contributed by atoms with Gasteiger partial charge >= 0.3 is 6.03 Å². The van der Waals surface area contributed by atoms with Gasteiger partial charge in [-0.15, -0.1) is 0 Å². The van der Waals surface area contributed by atoms with Gasteiger partial charge in [0.15, 0.2) is 0 Å². The monoisotopic (exact) mass is 502 g/mol. The van der Waals surface area contributed by atoms with Crippen molar-refractivity contribution in [3.8, 4) is 5.75 Å². The largest absolute Gasteiger partial charge is 0.497 e. The lowest BCUT2D eigenvalue weighted by Crippen LogP contribution is -2.50. The van der Waals surface area contributed by atoms with Gasteiger partial charge in [0.1, 0.15) is 11.8 Å². The van der Waals surface area contributed by atoms with Gasteiger partial charge in [-0.1, -0.05) is 69.3 Å². The van der Waals surface area contributed by atoms with Crippen LogP contribution in [0.2, 0.25) is 0 Å². The van der Waals surface area contributed by atoms with Crippen molar-refractivity contribution in [2.24, 2.45) is 0 Å². The minimum atomic E-state index is -0.731. The average molecular weight is 503 g/mol. The van der Waals surface area contributed by atoms with Gasteiger partial charge in [-0.2, -0.15) is 0 Å². The zero-order valence-corrected chi connectivity index (χ0v) is 22.4. The summed E-state index contributed by atoms with van der Waals surface area (Å²) >= 11 is 0. The molecular formula is C30H38N4O3. The minimum absolute atomic E-state index is 0.146. The van der Waals surface area contributed by atoms with Gasteiger partial charge in [0.2, 0.25) is 5.91 Å². The maximum Gasteiger partial charge on any atom is 0.319 e. The molecule has 0 aliphatic carbocycles. The van der Waals surface area contributed by atoms with E-state index in [0.29, 0.717) is 19.5 Å². The van der Waals surface area contributed by atoms with Crippen LogP contribution in [-0.2, 0) is 16.6 Å². The Balaban J connectivity index is 1.64. The smallest absolute Gasteiger partial charge is 0.319 e. The highest BCUT2D eigenvalue weighted by molar-refractivity contribution is 5.95. The molecule has 0 radical (unpaired) electrons. The lowest BCUT2D eigenvalue weighted by Gasteiger charge is -2.25. The van der Waals surface area contributed by atoms with Gasteiger partial charge in [-0.25, -0.2) is 4.79 Å². The SMILES string of the molecule is COc1ccc(NCCNC(=O)C(Cc2ccccc2)NC(=O)Nc2c(C)cccc2C(C)(C)C)cc1. The maximum absolute atomic E-state index is 13.1.